The molecule has 0 saturated carbocycles. The molecule has 11 nitrogen and oxygen atoms in total. The van der Waals surface area contributed by atoms with Gasteiger partial charge in [-0.15, -0.1) is 0 Å². The Kier molecular flexibility index (Phi) is 23.9. The summed E-state index contributed by atoms with van der Waals surface area (Å²) >= 11 is 1.26. The monoisotopic (exact) mass is 695 g/mol. The number of unbranched alkanes of at least 4 members (excludes halogenated alkanes) is 10. The van der Waals surface area contributed by atoms with Crippen LogP contribution in [0.25, 0.3) is 0 Å². The van der Waals surface area contributed by atoms with Crippen molar-refractivity contribution < 1.29 is 38.1 Å². The molecule has 0 bridgehead atoms. The van der Waals surface area contributed by atoms with Crippen LogP contribution in [0.15, 0.2) is 30.3 Å². The summed E-state index contributed by atoms with van der Waals surface area (Å²) < 4.78 is 21.8. The molecule has 1 rings (SSSR count). The quantitative estimate of drug-likeness (QED) is 0.0529. The zero-order valence-corrected chi connectivity index (χ0v) is 30.8. The maximum atomic E-state index is 13.0. The molecule has 1 aromatic carbocycles. The number of amides is 3. The Hall–Kier alpha value is -3.15. The lowest BCUT2D eigenvalue weighted by Crippen LogP contribution is -2.46. The van der Waals surface area contributed by atoms with Gasteiger partial charge in [-0.1, -0.05) is 108 Å². The largest absolute Gasteiger partial charge is 0.458 e. The molecule has 1 aromatic rings. The van der Waals surface area contributed by atoms with E-state index in [1.54, 1.807) is 20.8 Å². The highest BCUT2D eigenvalue weighted by Crippen LogP contribution is 2.15. The predicted octanol–water partition coefficient (Wildman–Crippen LogP) is 7.90. The van der Waals surface area contributed by atoms with Gasteiger partial charge < -0.3 is 34.9 Å². The van der Waals surface area contributed by atoms with E-state index >= 15 is 0 Å². The molecule has 0 aliphatic carbocycles. The van der Waals surface area contributed by atoms with Crippen molar-refractivity contribution in [3.05, 3.63) is 35.9 Å². The number of ether oxygens (including phenoxy) is 4. The lowest BCUT2D eigenvalue weighted by atomic mass is 10.1. The number of carbonyl (C=O) groups is 4. The van der Waals surface area contributed by atoms with Crippen molar-refractivity contribution in [3.63, 3.8) is 0 Å². The van der Waals surface area contributed by atoms with Crippen LogP contribution < -0.4 is 16.0 Å². The van der Waals surface area contributed by atoms with Gasteiger partial charge in [-0.3, -0.25) is 0 Å². The topological polar surface area (TPSA) is 141 Å². The molecule has 48 heavy (non-hydrogen) atoms. The molecule has 0 heterocycles. The second-order valence-electron chi connectivity index (χ2n) is 12.8. The average molecular weight is 696 g/mol. The van der Waals surface area contributed by atoms with Crippen LogP contribution in [-0.4, -0.2) is 73.2 Å². The minimum atomic E-state index is -1.03. The van der Waals surface area contributed by atoms with Gasteiger partial charge in [0.1, 0.15) is 31.0 Å². The smallest absolute Gasteiger partial charge is 0.408 e. The molecule has 2 atom stereocenters. The second kappa shape index (κ2) is 26.8. The van der Waals surface area contributed by atoms with Gasteiger partial charge >= 0.3 is 24.2 Å². The third-order valence-electron chi connectivity index (χ3n) is 7.06. The highest BCUT2D eigenvalue weighted by atomic mass is 32.2. The Bertz CT molecular complexity index is 1020. The van der Waals surface area contributed by atoms with E-state index in [9.17, 15) is 19.2 Å². The van der Waals surface area contributed by atoms with E-state index in [-0.39, 0.29) is 24.7 Å². The Balaban J connectivity index is 2.72. The molecule has 0 aliphatic heterocycles. The molecular weight excluding hydrogens is 634 g/mol. The van der Waals surface area contributed by atoms with E-state index in [2.05, 4.69) is 29.8 Å². The molecule has 3 N–H and O–H groups in total. The zero-order valence-electron chi connectivity index (χ0n) is 29.9. The molecule has 0 saturated heterocycles. The van der Waals surface area contributed by atoms with Crippen molar-refractivity contribution >= 4 is 36.0 Å². The van der Waals surface area contributed by atoms with E-state index in [1.165, 1.54) is 50.3 Å². The molecule has 0 aromatic heterocycles. The van der Waals surface area contributed by atoms with Crippen molar-refractivity contribution in [2.75, 3.05) is 31.2 Å². The van der Waals surface area contributed by atoms with Crippen molar-refractivity contribution in [1.82, 2.24) is 16.0 Å². The first-order valence-corrected chi connectivity index (χ1v) is 18.8. The summed E-state index contributed by atoms with van der Waals surface area (Å²) in [5.74, 6) is -0.306. The Morgan fingerprint density at radius 1 is 0.708 bits per heavy atom. The summed E-state index contributed by atoms with van der Waals surface area (Å²) in [5, 5.41) is 8.13. The van der Waals surface area contributed by atoms with Gasteiger partial charge in [-0.05, 0) is 39.2 Å². The number of nitrogens with one attached hydrogen (secondary N) is 3. The summed E-state index contributed by atoms with van der Waals surface area (Å²) in [6.45, 7) is 10.4. The van der Waals surface area contributed by atoms with Crippen LogP contribution >= 0.6 is 11.8 Å². The standard InChI is InChI=1S/C36H61N3O8S/c1-6-8-10-12-14-19-23-37-33(41)45-26-30(46-34(42)38-24-20-15-13-11-9-7-2)27-48-28-31(32(40)47-36(3,4)5)39-35(43)44-25-29-21-17-16-18-22-29/h16-18,21-22,30-31H,6-15,19-20,23-28H2,1-5H3,(H,37,41)(H,38,42)(H,39,43). The predicted molar refractivity (Wildman–Crippen MR) is 191 cm³/mol. The molecule has 274 valence electrons. The number of carbonyl (C=O) groups excluding carboxylic acids is 4. The van der Waals surface area contributed by atoms with Gasteiger partial charge in [0.25, 0.3) is 0 Å². The second-order valence-corrected chi connectivity index (χ2v) is 13.9. The van der Waals surface area contributed by atoms with Crippen LogP contribution in [0.4, 0.5) is 14.4 Å². The summed E-state index contributed by atoms with van der Waals surface area (Å²) in [6, 6.07) is 8.18. The third kappa shape index (κ3) is 24.1. The number of thioether (sulfide) groups is 1. The average Bonchev–Trinajstić information content (AvgIpc) is 3.04. The van der Waals surface area contributed by atoms with Gasteiger partial charge in [0.15, 0.2) is 0 Å². The minimum absolute atomic E-state index is 0.0445. The SMILES string of the molecule is CCCCCCCCNC(=O)OCC(CSCC(NC(=O)OCc1ccccc1)C(=O)OC(C)(C)C)OC(=O)NCCCCCCCC. The molecule has 0 aliphatic rings. The zero-order chi connectivity index (χ0) is 35.5. The maximum Gasteiger partial charge on any atom is 0.408 e. The molecule has 3 amide bonds. The fourth-order valence-corrected chi connectivity index (χ4v) is 5.50. The minimum Gasteiger partial charge on any atom is -0.458 e. The Morgan fingerprint density at radius 3 is 1.85 bits per heavy atom. The summed E-state index contributed by atoms with van der Waals surface area (Å²) in [7, 11) is 0. The number of hydrogen-bond donors (Lipinski definition) is 3. The van der Waals surface area contributed by atoms with Gasteiger partial charge in [0.05, 0.1) is 0 Å². The molecule has 12 heteroatoms. The third-order valence-corrected chi connectivity index (χ3v) is 8.23. The van der Waals surface area contributed by atoms with Crippen molar-refractivity contribution in [2.24, 2.45) is 0 Å². The van der Waals surface area contributed by atoms with Gasteiger partial charge in [0.2, 0.25) is 0 Å². The van der Waals surface area contributed by atoms with E-state index in [4.69, 9.17) is 18.9 Å². The highest BCUT2D eigenvalue weighted by Gasteiger charge is 2.28. The highest BCUT2D eigenvalue weighted by molar-refractivity contribution is 7.99. The van der Waals surface area contributed by atoms with Crippen LogP contribution in [0.1, 0.15) is 117 Å². The molecule has 0 spiro atoms. The molecular formula is C36H61N3O8S. The summed E-state index contributed by atoms with van der Waals surface area (Å²) in [4.78, 5) is 50.5. The van der Waals surface area contributed by atoms with Crippen molar-refractivity contribution in [3.8, 4) is 0 Å². The first kappa shape index (κ1) is 42.9. The fraction of sp³-hybridized carbons (Fsp3) is 0.722. The lowest BCUT2D eigenvalue weighted by Gasteiger charge is -2.25. The lowest BCUT2D eigenvalue weighted by molar-refractivity contribution is -0.156. The normalized spacial score (nSPS) is 12.4. The van der Waals surface area contributed by atoms with Crippen LogP contribution in [0.3, 0.4) is 0 Å². The van der Waals surface area contributed by atoms with Gasteiger partial charge in [0, 0.05) is 24.6 Å². The van der Waals surface area contributed by atoms with E-state index in [1.807, 2.05) is 30.3 Å². The number of rotatable bonds is 25. The fourth-order valence-electron chi connectivity index (χ4n) is 4.49. The van der Waals surface area contributed by atoms with E-state index in [0.29, 0.717) is 13.1 Å². The summed E-state index contributed by atoms with van der Waals surface area (Å²) in [6.07, 6.45) is 10.5. The van der Waals surface area contributed by atoms with E-state index < -0.39 is 42.0 Å². The number of hydrogen-bond acceptors (Lipinski definition) is 9. The molecule has 0 radical (unpaired) electrons. The Labute approximate surface area is 292 Å². The van der Waals surface area contributed by atoms with Gasteiger partial charge in [-0.25, -0.2) is 19.2 Å². The van der Waals surface area contributed by atoms with Crippen LogP contribution in [-0.2, 0) is 30.3 Å². The first-order chi connectivity index (χ1) is 23.0. The van der Waals surface area contributed by atoms with Crippen LogP contribution in [0.5, 0.6) is 0 Å². The molecule has 2 unspecified atom stereocenters. The molecule has 0 fully saturated rings. The van der Waals surface area contributed by atoms with E-state index in [0.717, 1.165) is 44.1 Å². The number of alkyl carbamates (subject to hydrolysis) is 3. The number of benzene rings is 1. The van der Waals surface area contributed by atoms with Crippen LogP contribution in [0.2, 0.25) is 0 Å². The van der Waals surface area contributed by atoms with Crippen molar-refractivity contribution in [2.45, 2.75) is 136 Å². The van der Waals surface area contributed by atoms with Gasteiger partial charge in [-0.2, -0.15) is 11.8 Å². The van der Waals surface area contributed by atoms with Crippen molar-refractivity contribution in [1.29, 1.82) is 0 Å². The van der Waals surface area contributed by atoms with Crippen LogP contribution in [0, 0.1) is 0 Å². The maximum absolute atomic E-state index is 13.0. The Morgan fingerprint density at radius 2 is 1.27 bits per heavy atom. The number of esters is 1. The first-order valence-electron chi connectivity index (χ1n) is 17.7. The summed E-state index contributed by atoms with van der Waals surface area (Å²) in [5.41, 5.74) is 0.0353.